The van der Waals surface area contributed by atoms with Crippen molar-refractivity contribution < 1.29 is 14.3 Å². The van der Waals surface area contributed by atoms with Gasteiger partial charge in [-0.1, -0.05) is 0 Å². The summed E-state index contributed by atoms with van der Waals surface area (Å²) in [5.74, 6) is 0. The molecule has 1 aliphatic heterocycles. The molecule has 2 heterocycles. The number of nitrogens with zero attached hydrogens (tertiary/aromatic N) is 3. The lowest BCUT2D eigenvalue weighted by molar-refractivity contribution is -0.110. The Morgan fingerprint density at radius 2 is 2.14 bits per heavy atom. The second-order valence-corrected chi connectivity index (χ2v) is 6.94. The quantitative estimate of drug-likeness (QED) is 0.763. The van der Waals surface area contributed by atoms with E-state index in [1.165, 1.54) is 0 Å². The van der Waals surface area contributed by atoms with E-state index in [0.29, 0.717) is 24.1 Å². The Bertz CT molecular complexity index is 563. The minimum Gasteiger partial charge on any atom is -0.444 e. The van der Waals surface area contributed by atoms with Gasteiger partial charge in [-0.05, 0) is 43.6 Å². The SMILES string of the molecule is CC(C=O)n1nc(Br)c2c1CCN(C(=O)OC(C)(C)C)C2. The standard InChI is InChI=1S/C14H20BrN3O3/c1-9(8-19)18-11-5-6-17(7-10(11)12(15)16-18)13(20)21-14(2,3)4/h8-9H,5-7H2,1-4H3. The van der Waals surface area contributed by atoms with E-state index < -0.39 is 5.60 Å². The van der Waals surface area contributed by atoms with Gasteiger partial charge in [0.05, 0.1) is 6.54 Å². The molecule has 0 radical (unpaired) electrons. The number of ether oxygens (including phenoxy) is 1. The maximum atomic E-state index is 12.1. The Hall–Kier alpha value is -1.37. The molecular weight excluding hydrogens is 338 g/mol. The van der Waals surface area contributed by atoms with Crippen LogP contribution < -0.4 is 0 Å². The molecule has 1 aliphatic rings. The molecule has 0 N–H and O–H groups in total. The Morgan fingerprint density at radius 1 is 1.48 bits per heavy atom. The maximum Gasteiger partial charge on any atom is 0.410 e. The van der Waals surface area contributed by atoms with Gasteiger partial charge in [-0.3, -0.25) is 4.68 Å². The second-order valence-electron chi connectivity index (χ2n) is 6.19. The van der Waals surface area contributed by atoms with Gasteiger partial charge >= 0.3 is 6.09 Å². The number of fused-ring (bicyclic) bond motifs is 1. The van der Waals surface area contributed by atoms with Crippen molar-refractivity contribution in [3.63, 3.8) is 0 Å². The van der Waals surface area contributed by atoms with E-state index in [2.05, 4.69) is 21.0 Å². The number of halogens is 1. The molecule has 1 unspecified atom stereocenters. The van der Waals surface area contributed by atoms with Crippen molar-refractivity contribution in [2.75, 3.05) is 6.54 Å². The second kappa shape index (κ2) is 5.79. The molecule has 0 aliphatic carbocycles. The number of rotatable bonds is 2. The van der Waals surface area contributed by atoms with Crippen LogP contribution in [0, 0.1) is 0 Å². The minimum absolute atomic E-state index is 0.307. The van der Waals surface area contributed by atoms with Crippen molar-refractivity contribution in [1.29, 1.82) is 0 Å². The Morgan fingerprint density at radius 3 is 2.71 bits per heavy atom. The van der Waals surface area contributed by atoms with Gasteiger partial charge < -0.3 is 14.4 Å². The number of aromatic nitrogens is 2. The van der Waals surface area contributed by atoms with Crippen molar-refractivity contribution >= 4 is 28.3 Å². The third kappa shape index (κ3) is 3.45. The third-order valence-electron chi connectivity index (χ3n) is 3.27. The lowest BCUT2D eigenvalue weighted by Crippen LogP contribution is -2.40. The van der Waals surface area contributed by atoms with Crippen molar-refractivity contribution in [3.8, 4) is 0 Å². The summed E-state index contributed by atoms with van der Waals surface area (Å²) in [5.41, 5.74) is 1.44. The van der Waals surface area contributed by atoms with Gasteiger partial charge in [0.25, 0.3) is 0 Å². The topological polar surface area (TPSA) is 64.4 Å². The average molecular weight is 358 g/mol. The highest BCUT2D eigenvalue weighted by molar-refractivity contribution is 9.10. The number of aldehydes is 1. The fourth-order valence-electron chi connectivity index (χ4n) is 2.28. The highest BCUT2D eigenvalue weighted by Gasteiger charge is 2.30. The lowest BCUT2D eigenvalue weighted by Gasteiger charge is -2.30. The van der Waals surface area contributed by atoms with Crippen LogP contribution in [0.25, 0.3) is 0 Å². The zero-order chi connectivity index (χ0) is 15.8. The van der Waals surface area contributed by atoms with Gasteiger partial charge in [-0.2, -0.15) is 5.10 Å². The van der Waals surface area contributed by atoms with Crippen LogP contribution in [0.5, 0.6) is 0 Å². The smallest absolute Gasteiger partial charge is 0.410 e. The summed E-state index contributed by atoms with van der Waals surface area (Å²) < 4.78 is 7.80. The van der Waals surface area contributed by atoms with E-state index in [9.17, 15) is 9.59 Å². The zero-order valence-corrected chi connectivity index (χ0v) is 14.3. The van der Waals surface area contributed by atoms with E-state index >= 15 is 0 Å². The average Bonchev–Trinajstić information content (AvgIpc) is 2.73. The number of hydrogen-bond donors (Lipinski definition) is 0. The van der Waals surface area contributed by atoms with Crippen molar-refractivity contribution in [2.45, 2.75) is 52.3 Å². The van der Waals surface area contributed by atoms with Crippen LogP contribution in [-0.2, 0) is 22.5 Å². The third-order valence-corrected chi connectivity index (χ3v) is 3.91. The first-order valence-electron chi connectivity index (χ1n) is 6.92. The molecule has 1 aromatic rings. The predicted molar refractivity (Wildman–Crippen MR) is 81.1 cm³/mol. The van der Waals surface area contributed by atoms with Gasteiger partial charge in [-0.25, -0.2) is 4.79 Å². The normalized spacial score (nSPS) is 16.3. The summed E-state index contributed by atoms with van der Waals surface area (Å²) in [6.07, 6.45) is 1.20. The van der Waals surface area contributed by atoms with Crippen LogP contribution in [0.1, 0.15) is 45.0 Å². The summed E-state index contributed by atoms with van der Waals surface area (Å²) >= 11 is 3.41. The molecule has 116 valence electrons. The first-order valence-corrected chi connectivity index (χ1v) is 7.71. The molecule has 0 fully saturated rings. The Kier molecular flexibility index (Phi) is 4.41. The molecule has 0 bridgehead atoms. The largest absolute Gasteiger partial charge is 0.444 e. The molecular formula is C14H20BrN3O3. The maximum absolute atomic E-state index is 12.1. The number of carbonyl (C=O) groups excluding carboxylic acids is 2. The highest BCUT2D eigenvalue weighted by Crippen LogP contribution is 2.28. The first-order chi connectivity index (χ1) is 9.73. The summed E-state index contributed by atoms with van der Waals surface area (Å²) in [7, 11) is 0. The van der Waals surface area contributed by atoms with Crippen molar-refractivity contribution in [2.24, 2.45) is 0 Å². The van der Waals surface area contributed by atoms with Crippen LogP contribution in [0.15, 0.2) is 4.60 Å². The van der Waals surface area contributed by atoms with Gasteiger partial charge in [0.15, 0.2) is 0 Å². The molecule has 0 spiro atoms. The fourth-order valence-corrected chi connectivity index (χ4v) is 2.81. The molecule has 2 rings (SSSR count). The van der Waals surface area contributed by atoms with E-state index in [1.54, 1.807) is 16.5 Å². The van der Waals surface area contributed by atoms with Crippen LogP contribution in [0.2, 0.25) is 0 Å². The Labute approximate surface area is 132 Å². The molecule has 7 heteroatoms. The number of hydrogen-bond acceptors (Lipinski definition) is 4. The van der Waals surface area contributed by atoms with E-state index in [0.717, 1.165) is 17.5 Å². The van der Waals surface area contributed by atoms with Crippen LogP contribution in [-0.4, -0.2) is 39.2 Å². The molecule has 0 saturated carbocycles. The van der Waals surface area contributed by atoms with E-state index in [-0.39, 0.29) is 12.1 Å². The van der Waals surface area contributed by atoms with Crippen molar-refractivity contribution in [3.05, 3.63) is 15.9 Å². The lowest BCUT2D eigenvalue weighted by atomic mass is 10.1. The zero-order valence-electron chi connectivity index (χ0n) is 12.7. The summed E-state index contributed by atoms with van der Waals surface area (Å²) in [6.45, 7) is 8.34. The molecule has 1 atom stereocenters. The predicted octanol–water partition coefficient (Wildman–Crippen LogP) is 2.70. The number of amides is 1. The molecule has 1 amide bonds. The van der Waals surface area contributed by atoms with Crippen LogP contribution in [0.3, 0.4) is 0 Å². The first kappa shape index (κ1) is 16.0. The highest BCUT2D eigenvalue weighted by atomic mass is 79.9. The number of carbonyl (C=O) groups is 2. The fraction of sp³-hybridized carbons (Fsp3) is 0.643. The molecule has 21 heavy (non-hydrogen) atoms. The van der Waals surface area contributed by atoms with Gasteiger partial charge in [0.1, 0.15) is 22.5 Å². The molecule has 6 nitrogen and oxygen atoms in total. The van der Waals surface area contributed by atoms with Gasteiger partial charge in [0.2, 0.25) is 0 Å². The van der Waals surface area contributed by atoms with Crippen LogP contribution >= 0.6 is 15.9 Å². The van der Waals surface area contributed by atoms with E-state index in [4.69, 9.17) is 4.74 Å². The summed E-state index contributed by atoms with van der Waals surface area (Å²) in [4.78, 5) is 24.8. The minimum atomic E-state index is -0.509. The van der Waals surface area contributed by atoms with Crippen LogP contribution in [0.4, 0.5) is 4.79 Å². The molecule has 0 saturated heterocycles. The van der Waals surface area contributed by atoms with Gasteiger partial charge in [0, 0.05) is 24.2 Å². The van der Waals surface area contributed by atoms with E-state index in [1.807, 2.05) is 20.8 Å². The summed E-state index contributed by atoms with van der Waals surface area (Å²) in [5, 5.41) is 4.35. The summed E-state index contributed by atoms with van der Waals surface area (Å²) in [6, 6.07) is -0.307. The monoisotopic (exact) mass is 357 g/mol. The molecule has 0 aromatic carbocycles. The molecule has 1 aromatic heterocycles. The van der Waals surface area contributed by atoms with Gasteiger partial charge in [-0.15, -0.1) is 0 Å². The Balaban J connectivity index is 2.20. The van der Waals surface area contributed by atoms with Crippen molar-refractivity contribution in [1.82, 2.24) is 14.7 Å².